The monoisotopic (exact) mass is 290 g/mol. The predicted octanol–water partition coefficient (Wildman–Crippen LogP) is 1.83. The summed E-state index contributed by atoms with van der Waals surface area (Å²) < 4.78 is 0. The molecule has 2 aliphatic heterocycles. The van der Waals surface area contributed by atoms with E-state index in [1.807, 2.05) is 0 Å². The second-order valence-electron chi connectivity index (χ2n) is 7.20. The smallest absolute Gasteiger partial charge is 0.122 e. The third-order valence-corrected chi connectivity index (χ3v) is 5.54. The standard InChI is InChI=1S/C17H30N4/c1-2-8-19-17(13-18,15-5-6-15)14-20-11-7-16(12-20)21-9-3-4-10-21/h15-16,19H,2-12,14H2,1H3. The number of hydrogen-bond acceptors (Lipinski definition) is 4. The van der Waals surface area contributed by atoms with Gasteiger partial charge in [0.05, 0.1) is 6.07 Å². The number of nitrogens with zero attached hydrogens (tertiary/aromatic N) is 3. The summed E-state index contributed by atoms with van der Waals surface area (Å²) in [6.45, 7) is 9.00. The van der Waals surface area contributed by atoms with Crippen molar-refractivity contribution in [3.63, 3.8) is 0 Å². The zero-order valence-electron chi connectivity index (χ0n) is 13.5. The summed E-state index contributed by atoms with van der Waals surface area (Å²) in [5.74, 6) is 0.583. The van der Waals surface area contributed by atoms with Crippen LogP contribution in [0.5, 0.6) is 0 Å². The lowest BCUT2D eigenvalue weighted by Crippen LogP contribution is -2.54. The van der Waals surface area contributed by atoms with E-state index >= 15 is 0 Å². The summed E-state index contributed by atoms with van der Waals surface area (Å²) in [6, 6.07) is 3.40. The normalized spacial score (nSPS) is 30.4. The fraction of sp³-hybridized carbons (Fsp3) is 0.941. The number of nitriles is 1. The Morgan fingerprint density at radius 2 is 1.95 bits per heavy atom. The molecule has 4 nitrogen and oxygen atoms in total. The molecule has 21 heavy (non-hydrogen) atoms. The van der Waals surface area contributed by atoms with Gasteiger partial charge in [-0.1, -0.05) is 6.92 Å². The van der Waals surface area contributed by atoms with Gasteiger partial charge in [0.25, 0.3) is 0 Å². The first-order chi connectivity index (χ1) is 10.3. The van der Waals surface area contributed by atoms with Crippen LogP contribution < -0.4 is 5.32 Å². The van der Waals surface area contributed by atoms with E-state index in [0.29, 0.717) is 5.92 Å². The van der Waals surface area contributed by atoms with Crippen LogP contribution in [0.1, 0.15) is 45.4 Å². The lowest BCUT2D eigenvalue weighted by Gasteiger charge is -2.33. The third-order valence-electron chi connectivity index (χ3n) is 5.54. The van der Waals surface area contributed by atoms with Gasteiger partial charge in [-0.05, 0) is 70.6 Å². The number of likely N-dealkylation sites (tertiary alicyclic amines) is 2. The average molecular weight is 290 g/mol. The van der Waals surface area contributed by atoms with Crippen molar-refractivity contribution in [1.29, 1.82) is 5.26 Å². The first-order valence-corrected chi connectivity index (χ1v) is 8.90. The molecule has 0 bridgehead atoms. The number of rotatable bonds is 7. The molecule has 1 aliphatic carbocycles. The minimum Gasteiger partial charge on any atom is -0.299 e. The molecule has 2 unspecified atom stereocenters. The molecule has 0 aromatic rings. The zero-order valence-corrected chi connectivity index (χ0v) is 13.5. The Kier molecular flexibility index (Phi) is 4.83. The molecule has 0 aromatic carbocycles. The Morgan fingerprint density at radius 3 is 2.57 bits per heavy atom. The van der Waals surface area contributed by atoms with Gasteiger partial charge in [0.15, 0.2) is 0 Å². The maximum Gasteiger partial charge on any atom is 0.122 e. The van der Waals surface area contributed by atoms with Crippen LogP contribution in [0.25, 0.3) is 0 Å². The highest BCUT2D eigenvalue weighted by atomic mass is 15.3. The van der Waals surface area contributed by atoms with E-state index in [1.165, 1.54) is 58.3 Å². The van der Waals surface area contributed by atoms with Crippen molar-refractivity contribution < 1.29 is 0 Å². The molecule has 3 rings (SSSR count). The van der Waals surface area contributed by atoms with Gasteiger partial charge in [0, 0.05) is 19.1 Å². The van der Waals surface area contributed by atoms with E-state index < -0.39 is 0 Å². The molecule has 2 heterocycles. The van der Waals surface area contributed by atoms with Gasteiger partial charge >= 0.3 is 0 Å². The van der Waals surface area contributed by atoms with Gasteiger partial charge in [-0.3, -0.25) is 15.1 Å². The van der Waals surface area contributed by atoms with Crippen molar-refractivity contribution in [2.75, 3.05) is 39.3 Å². The van der Waals surface area contributed by atoms with Crippen molar-refractivity contribution in [2.45, 2.75) is 57.0 Å². The zero-order chi connectivity index (χ0) is 14.7. The first kappa shape index (κ1) is 15.3. The molecule has 0 amide bonds. The van der Waals surface area contributed by atoms with Crippen molar-refractivity contribution in [3.8, 4) is 6.07 Å². The Labute approximate surface area is 129 Å². The Hall–Kier alpha value is -0.630. The number of hydrogen-bond donors (Lipinski definition) is 1. The largest absolute Gasteiger partial charge is 0.299 e. The molecule has 1 N–H and O–H groups in total. The topological polar surface area (TPSA) is 42.3 Å². The molecule has 0 spiro atoms. The molecule has 118 valence electrons. The summed E-state index contributed by atoms with van der Waals surface area (Å²) in [5.41, 5.74) is -0.282. The van der Waals surface area contributed by atoms with Crippen molar-refractivity contribution in [3.05, 3.63) is 0 Å². The highest BCUT2D eigenvalue weighted by Crippen LogP contribution is 2.40. The SMILES string of the molecule is CCCNC(C#N)(CN1CCC(N2CCCC2)C1)C1CC1. The molecular formula is C17H30N4. The van der Waals surface area contributed by atoms with Gasteiger partial charge in [-0.25, -0.2) is 0 Å². The summed E-state index contributed by atoms with van der Waals surface area (Å²) in [7, 11) is 0. The quantitative estimate of drug-likeness (QED) is 0.777. The molecule has 0 aromatic heterocycles. The Bertz CT molecular complexity index is 381. The second kappa shape index (κ2) is 6.64. The minimum atomic E-state index is -0.282. The molecule has 2 saturated heterocycles. The van der Waals surface area contributed by atoms with Crippen LogP contribution in [-0.4, -0.2) is 60.6 Å². The highest BCUT2D eigenvalue weighted by molar-refractivity contribution is 5.17. The third kappa shape index (κ3) is 3.41. The predicted molar refractivity (Wildman–Crippen MR) is 85.0 cm³/mol. The molecule has 0 radical (unpaired) electrons. The van der Waals surface area contributed by atoms with Crippen LogP contribution in [0.2, 0.25) is 0 Å². The molecule has 4 heteroatoms. The fourth-order valence-electron chi connectivity index (χ4n) is 4.13. The second-order valence-corrected chi connectivity index (χ2v) is 7.20. The molecule has 2 atom stereocenters. The van der Waals surface area contributed by atoms with Crippen LogP contribution in [0.4, 0.5) is 0 Å². The first-order valence-electron chi connectivity index (χ1n) is 8.90. The highest BCUT2D eigenvalue weighted by Gasteiger charge is 2.47. The van der Waals surface area contributed by atoms with E-state index in [0.717, 1.165) is 25.6 Å². The fourth-order valence-corrected chi connectivity index (χ4v) is 4.13. The van der Waals surface area contributed by atoms with Gasteiger partial charge < -0.3 is 0 Å². The van der Waals surface area contributed by atoms with Crippen LogP contribution >= 0.6 is 0 Å². The van der Waals surface area contributed by atoms with Crippen molar-refractivity contribution in [1.82, 2.24) is 15.1 Å². The van der Waals surface area contributed by atoms with Crippen LogP contribution in [0.15, 0.2) is 0 Å². The van der Waals surface area contributed by atoms with Gasteiger partial charge in [-0.2, -0.15) is 5.26 Å². The summed E-state index contributed by atoms with van der Waals surface area (Å²) in [4.78, 5) is 5.22. The molecular weight excluding hydrogens is 260 g/mol. The summed E-state index contributed by atoms with van der Waals surface area (Å²) in [6.07, 6.45) is 7.60. The minimum absolute atomic E-state index is 0.282. The summed E-state index contributed by atoms with van der Waals surface area (Å²) >= 11 is 0. The maximum absolute atomic E-state index is 9.80. The van der Waals surface area contributed by atoms with E-state index in [-0.39, 0.29) is 5.54 Å². The number of nitrogens with one attached hydrogen (secondary N) is 1. The van der Waals surface area contributed by atoms with E-state index in [2.05, 4.69) is 28.1 Å². The Morgan fingerprint density at radius 1 is 1.19 bits per heavy atom. The van der Waals surface area contributed by atoms with Gasteiger partial charge in [-0.15, -0.1) is 0 Å². The van der Waals surface area contributed by atoms with Crippen LogP contribution in [0, 0.1) is 17.2 Å². The van der Waals surface area contributed by atoms with Crippen molar-refractivity contribution in [2.24, 2.45) is 5.92 Å². The van der Waals surface area contributed by atoms with Crippen LogP contribution in [-0.2, 0) is 0 Å². The van der Waals surface area contributed by atoms with Crippen molar-refractivity contribution >= 4 is 0 Å². The Balaban J connectivity index is 1.57. The van der Waals surface area contributed by atoms with E-state index in [1.54, 1.807) is 0 Å². The lowest BCUT2D eigenvalue weighted by atomic mass is 9.94. The average Bonchev–Trinajstić information content (AvgIpc) is 3.04. The maximum atomic E-state index is 9.80. The van der Waals surface area contributed by atoms with Gasteiger partial charge in [0.1, 0.15) is 5.54 Å². The lowest BCUT2D eigenvalue weighted by molar-refractivity contribution is 0.198. The van der Waals surface area contributed by atoms with Crippen LogP contribution in [0.3, 0.4) is 0 Å². The van der Waals surface area contributed by atoms with E-state index in [9.17, 15) is 5.26 Å². The van der Waals surface area contributed by atoms with E-state index in [4.69, 9.17) is 0 Å². The molecule has 1 saturated carbocycles. The molecule has 3 fully saturated rings. The molecule has 3 aliphatic rings. The van der Waals surface area contributed by atoms with Gasteiger partial charge in [0.2, 0.25) is 0 Å². The summed E-state index contributed by atoms with van der Waals surface area (Å²) in [5, 5.41) is 13.4.